The lowest BCUT2D eigenvalue weighted by molar-refractivity contribution is 0.0935. The SMILES string of the molecule is COc1ccccc1C(C)NC(=O)c1ccc(Cl)cc1F. The predicted octanol–water partition coefficient (Wildman–Crippen LogP) is 3.98. The number of carbonyl (C=O) groups excluding carboxylic acids is 1. The van der Waals surface area contributed by atoms with Crippen LogP contribution in [0.25, 0.3) is 0 Å². The Balaban J connectivity index is 2.19. The number of carbonyl (C=O) groups is 1. The lowest BCUT2D eigenvalue weighted by Gasteiger charge is -2.17. The van der Waals surface area contributed by atoms with E-state index in [1.165, 1.54) is 12.1 Å². The van der Waals surface area contributed by atoms with E-state index in [0.717, 1.165) is 11.6 Å². The molecule has 0 heterocycles. The molecule has 0 fully saturated rings. The second-order valence-electron chi connectivity index (χ2n) is 4.56. The minimum Gasteiger partial charge on any atom is -0.496 e. The molecule has 2 rings (SSSR count). The van der Waals surface area contributed by atoms with Crippen molar-refractivity contribution in [3.05, 3.63) is 64.4 Å². The summed E-state index contributed by atoms with van der Waals surface area (Å²) in [5.74, 6) is -0.475. The molecule has 1 unspecified atom stereocenters. The summed E-state index contributed by atoms with van der Waals surface area (Å²) in [6, 6.07) is 11.0. The molecule has 0 aliphatic carbocycles. The van der Waals surface area contributed by atoms with Crippen molar-refractivity contribution in [2.24, 2.45) is 0 Å². The number of halogens is 2. The van der Waals surface area contributed by atoms with E-state index < -0.39 is 11.7 Å². The van der Waals surface area contributed by atoms with E-state index in [1.54, 1.807) is 13.2 Å². The second kappa shape index (κ2) is 6.59. The van der Waals surface area contributed by atoms with Gasteiger partial charge in [0.1, 0.15) is 11.6 Å². The smallest absolute Gasteiger partial charge is 0.254 e. The van der Waals surface area contributed by atoms with Gasteiger partial charge in [-0.1, -0.05) is 29.8 Å². The number of methoxy groups -OCH3 is 1. The molecule has 0 aliphatic rings. The minimum atomic E-state index is -0.646. The van der Waals surface area contributed by atoms with Gasteiger partial charge < -0.3 is 10.1 Å². The molecule has 2 aromatic carbocycles. The molecular weight excluding hydrogens is 293 g/mol. The molecular formula is C16H15ClFNO2. The quantitative estimate of drug-likeness (QED) is 0.928. The van der Waals surface area contributed by atoms with Crippen LogP contribution in [0.2, 0.25) is 5.02 Å². The standard InChI is InChI=1S/C16H15ClFNO2/c1-10(12-5-3-4-6-15(12)21-2)19-16(20)13-8-7-11(17)9-14(13)18/h3-10H,1-2H3,(H,19,20). The Bertz CT molecular complexity index is 660. The third-order valence-corrected chi connectivity index (χ3v) is 3.36. The Hall–Kier alpha value is -2.07. The number of hydrogen-bond acceptors (Lipinski definition) is 2. The molecule has 0 spiro atoms. The van der Waals surface area contributed by atoms with E-state index >= 15 is 0 Å². The van der Waals surface area contributed by atoms with Gasteiger partial charge >= 0.3 is 0 Å². The summed E-state index contributed by atoms with van der Waals surface area (Å²) < 4.78 is 19.0. The Labute approximate surface area is 127 Å². The summed E-state index contributed by atoms with van der Waals surface area (Å²) in [4.78, 5) is 12.1. The molecule has 0 saturated heterocycles. The fourth-order valence-corrected chi connectivity index (χ4v) is 2.21. The first-order valence-corrected chi connectivity index (χ1v) is 6.79. The van der Waals surface area contributed by atoms with Crippen LogP contribution in [-0.4, -0.2) is 13.0 Å². The van der Waals surface area contributed by atoms with Gasteiger partial charge in [-0.3, -0.25) is 4.79 Å². The van der Waals surface area contributed by atoms with Crippen molar-refractivity contribution in [3.63, 3.8) is 0 Å². The molecule has 21 heavy (non-hydrogen) atoms. The van der Waals surface area contributed by atoms with Gasteiger partial charge in [-0.2, -0.15) is 0 Å². The average Bonchev–Trinajstić information content (AvgIpc) is 2.46. The highest BCUT2D eigenvalue weighted by atomic mass is 35.5. The normalized spacial score (nSPS) is 11.8. The molecule has 110 valence electrons. The van der Waals surface area contributed by atoms with Crippen LogP contribution in [0, 0.1) is 5.82 Å². The predicted molar refractivity (Wildman–Crippen MR) is 80.3 cm³/mol. The van der Waals surface area contributed by atoms with Crippen molar-refractivity contribution in [1.29, 1.82) is 0 Å². The van der Waals surface area contributed by atoms with Crippen LogP contribution in [-0.2, 0) is 0 Å². The Morgan fingerprint density at radius 1 is 1.29 bits per heavy atom. The fraction of sp³-hybridized carbons (Fsp3) is 0.188. The highest BCUT2D eigenvalue weighted by Crippen LogP contribution is 2.25. The van der Waals surface area contributed by atoms with Gasteiger partial charge in [0.05, 0.1) is 18.7 Å². The zero-order valence-electron chi connectivity index (χ0n) is 11.7. The third kappa shape index (κ3) is 3.52. The lowest BCUT2D eigenvalue weighted by atomic mass is 10.1. The summed E-state index contributed by atoms with van der Waals surface area (Å²) >= 11 is 5.67. The second-order valence-corrected chi connectivity index (χ2v) is 5.00. The van der Waals surface area contributed by atoms with Crippen LogP contribution in [0.4, 0.5) is 4.39 Å². The first-order valence-electron chi connectivity index (χ1n) is 6.41. The van der Waals surface area contributed by atoms with E-state index in [1.807, 2.05) is 25.1 Å². The lowest BCUT2D eigenvalue weighted by Crippen LogP contribution is -2.27. The van der Waals surface area contributed by atoms with Gasteiger partial charge in [-0.05, 0) is 31.2 Å². The van der Waals surface area contributed by atoms with Crippen LogP contribution in [0.15, 0.2) is 42.5 Å². The van der Waals surface area contributed by atoms with Gasteiger partial charge in [0.2, 0.25) is 0 Å². The van der Waals surface area contributed by atoms with Crippen LogP contribution in [0.5, 0.6) is 5.75 Å². The molecule has 1 atom stereocenters. The summed E-state index contributed by atoms with van der Waals surface area (Å²) in [6.45, 7) is 1.81. The number of para-hydroxylation sites is 1. The van der Waals surface area contributed by atoms with Crippen LogP contribution in [0.1, 0.15) is 28.9 Å². The number of rotatable bonds is 4. The Morgan fingerprint density at radius 3 is 2.67 bits per heavy atom. The van der Waals surface area contributed by atoms with Gasteiger partial charge in [0.15, 0.2) is 0 Å². The molecule has 1 amide bonds. The minimum absolute atomic E-state index is 0.0406. The van der Waals surface area contributed by atoms with Crippen molar-refractivity contribution < 1.29 is 13.9 Å². The molecule has 2 aromatic rings. The molecule has 0 bridgehead atoms. The maximum absolute atomic E-state index is 13.7. The van der Waals surface area contributed by atoms with Crippen molar-refractivity contribution in [3.8, 4) is 5.75 Å². The summed E-state index contributed by atoms with van der Waals surface area (Å²) in [7, 11) is 1.56. The van der Waals surface area contributed by atoms with Gasteiger partial charge in [0, 0.05) is 10.6 Å². The van der Waals surface area contributed by atoms with E-state index in [0.29, 0.717) is 5.75 Å². The monoisotopic (exact) mass is 307 g/mol. The number of nitrogens with one attached hydrogen (secondary N) is 1. The molecule has 1 N–H and O–H groups in total. The molecule has 0 aromatic heterocycles. The maximum atomic E-state index is 13.7. The van der Waals surface area contributed by atoms with Gasteiger partial charge in [-0.25, -0.2) is 4.39 Å². The zero-order valence-corrected chi connectivity index (χ0v) is 12.4. The van der Waals surface area contributed by atoms with Gasteiger partial charge in [0.25, 0.3) is 5.91 Å². The molecule has 3 nitrogen and oxygen atoms in total. The number of ether oxygens (including phenoxy) is 1. The highest BCUT2D eigenvalue weighted by Gasteiger charge is 2.17. The largest absolute Gasteiger partial charge is 0.496 e. The van der Waals surface area contributed by atoms with Crippen LogP contribution >= 0.6 is 11.6 Å². The fourth-order valence-electron chi connectivity index (χ4n) is 2.05. The first kappa shape index (κ1) is 15.3. The number of benzene rings is 2. The summed E-state index contributed by atoms with van der Waals surface area (Å²) in [6.07, 6.45) is 0. The van der Waals surface area contributed by atoms with Gasteiger partial charge in [-0.15, -0.1) is 0 Å². The average molecular weight is 308 g/mol. The third-order valence-electron chi connectivity index (χ3n) is 3.13. The van der Waals surface area contributed by atoms with Crippen LogP contribution in [0.3, 0.4) is 0 Å². The number of hydrogen-bond donors (Lipinski definition) is 1. The molecule has 0 radical (unpaired) electrons. The molecule has 5 heteroatoms. The van der Waals surface area contributed by atoms with E-state index in [2.05, 4.69) is 5.32 Å². The first-order chi connectivity index (χ1) is 10.0. The van der Waals surface area contributed by atoms with E-state index in [4.69, 9.17) is 16.3 Å². The van der Waals surface area contributed by atoms with Crippen molar-refractivity contribution in [2.45, 2.75) is 13.0 Å². The summed E-state index contributed by atoms with van der Waals surface area (Å²) in [5.41, 5.74) is 0.781. The Morgan fingerprint density at radius 2 is 2.00 bits per heavy atom. The maximum Gasteiger partial charge on any atom is 0.254 e. The van der Waals surface area contributed by atoms with Crippen molar-refractivity contribution in [1.82, 2.24) is 5.32 Å². The van der Waals surface area contributed by atoms with Crippen LogP contribution < -0.4 is 10.1 Å². The zero-order chi connectivity index (χ0) is 15.4. The van der Waals surface area contributed by atoms with Crippen molar-refractivity contribution >= 4 is 17.5 Å². The van der Waals surface area contributed by atoms with E-state index in [9.17, 15) is 9.18 Å². The highest BCUT2D eigenvalue weighted by molar-refractivity contribution is 6.30. The molecule has 0 saturated carbocycles. The van der Waals surface area contributed by atoms with E-state index in [-0.39, 0.29) is 16.6 Å². The summed E-state index contributed by atoms with van der Waals surface area (Å²) in [5, 5.41) is 3.00. The molecule has 0 aliphatic heterocycles. The van der Waals surface area contributed by atoms with Crippen molar-refractivity contribution in [2.75, 3.05) is 7.11 Å². The number of amides is 1. The Kier molecular flexibility index (Phi) is 4.81. The topological polar surface area (TPSA) is 38.3 Å².